The fraction of sp³-hybridized carbons (Fsp3) is 0.100. The Kier molecular flexibility index (Phi) is 3.74. The maximum atomic E-state index is 10.9. The highest BCUT2D eigenvalue weighted by Crippen LogP contribution is 2.22. The van der Waals surface area contributed by atoms with Crippen molar-refractivity contribution in [2.75, 3.05) is 0 Å². The molecule has 90 valence electrons. The van der Waals surface area contributed by atoms with Crippen LogP contribution >= 0.6 is 33.3 Å². The number of nitrogens with zero attached hydrogens (tertiary/aromatic N) is 1. The molecule has 0 spiro atoms. The molecule has 0 fully saturated rings. The van der Waals surface area contributed by atoms with Gasteiger partial charge in [0, 0.05) is 25.9 Å². The molecule has 0 radical (unpaired) electrons. The second kappa shape index (κ2) is 4.95. The molecule has 0 N–H and O–H groups in total. The van der Waals surface area contributed by atoms with E-state index in [-0.39, 0.29) is 5.75 Å². The van der Waals surface area contributed by atoms with Gasteiger partial charge in [0.25, 0.3) is 0 Å². The van der Waals surface area contributed by atoms with E-state index in [1.165, 1.54) is 0 Å². The molecule has 0 aliphatic carbocycles. The third-order valence-electron chi connectivity index (χ3n) is 2.01. The molecule has 0 amide bonds. The summed E-state index contributed by atoms with van der Waals surface area (Å²) in [6.45, 7) is 0. The van der Waals surface area contributed by atoms with Gasteiger partial charge in [0.1, 0.15) is 11.4 Å². The lowest BCUT2D eigenvalue weighted by atomic mass is 10.2. The van der Waals surface area contributed by atoms with Gasteiger partial charge in [-0.05, 0) is 34.7 Å². The summed E-state index contributed by atoms with van der Waals surface area (Å²) in [5.74, 6) is 0.194. The van der Waals surface area contributed by atoms with E-state index in [9.17, 15) is 8.42 Å². The highest BCUT2D eigenvalue weighted by Gasteiger charge is 2.13. The topological polar surface area (TPSA) is 60.2 Å². The van der Waals surface area contributed by atoms with Crippen LogP contribution in [0.2, 0.25) is 0 Å². The third kappa shape index (κ3) is 3.68. The lowest BCUT2D eigenvalue weighted by Crippen LogP contribution is -1.94. The first-order valence-corrected chi connectivity index (χ1v) is 8.14. The molecule has 1 aromatic heterocycles. The van der Waals surface area contributed by atoms with Crippen LogP contribution in [0.5, 0.6) is 0 Å². The average molecular weight is 384 g/mol. The minimum Gasteiger partial charge on any atom is -0.356 e. The lowest BCUT2D eigenvalue weighted by molar-refractivity contribution is 0.426. The average Bonchev–Trinajstić information content (AvgIpc) is 2.64. The third-order valence-corrected chi connectivity index (χ3v) is 3.70. The number of rotatable bonds is 3. The van der Waals surface area contributed by atoms with E-state index in [0.717, 1.165) is 9.13 Å². The quantitative estimate of drug-likeness (QED) is 0.604. The van der Waals surface area contributed by atoms with Crippen molar-refractivity contribution in [2.45, 2.75) is 5.75 Å². The first-order valence-electron chi connectivity index (χ1n) is 4.58. The van der Waals surface area contributed by atoms with Gasteiger partial charge in [0.15, 0.2) is 5.76 Å². The van der Waals surface area contributed by atoms with Crippen LogP contribution in [0, 0.1) is 3.57 Å². The number of hydrogen-bond acceptors (Lipinski definition) is 4. The molecule has 0 saturated heterocycles. The minimum atomic E-state index is -3.60. The molecule has 0 aliphatic heterocycles. The van der Waals surface area contributed by atoms with E-state index < -0.39 is 9.05 Å². The Bertz CT molecular complexity index is 621. The monoisotopic (exact) mass is 383 g/mol. The van der Waals surface area contributed by atoms with Crippen molar-refractivity contribution < 1.29 is 12.9 Å². The van der Waals surface area contributed by atoms with Gasteiger partial charge >= 0.3 is 0 Å². The molecule has 0 bridgehead atoms. The summed E-state index contributed by atoms with van der Waals surface area (Å²) in [5.41, 5.74) is 1.14. The summed E-state index contributed by atoms with van der Waals surface area (Å²) in [6, 6.07) is 9.18. The van der Waals surface area contributed by atoms with Gasteiger partial charge in [0.05, 0.1) is 0 Å². The molecule has 17 heavy (non-hydrogen) atoms. The predicted octanol–water partition coefficient (Wildman–Crippen LogP) is 3.01. The van der Waals surface area contributed by atoms with Crippen molar-refractivity contribution in [1.29, 1.82) is 0 Å². The van der Waals surface area contributed by atoms with Crippen molar-refractivity contribution in [3.8, 4) is 11.3 Å². The SMILES string of the molecule is O=S(=O)(Cl)Cc1cc(-c2ccc(I)cc2)on1. The van der Waals surface area contributed by atoms with E-state index in [0.29, 0.717) is 11.5 Å². The van der Waals surface area contributed by atoms with Crippen LogP contribution in [-0.2, 0) is 14.8 Å². The summed E-state index contributed by atoms with van der Waals surface area (Å²) >= 11 is 2.20. The van der Waals surface area contributed by atoms with Gasteiger partial charge in [-0.3, -0.25) is 0 Å². The number of benzene rings is 1. The maximum Gasteiger partial charge on any atom is 0.238 e. The summed E-state index contributed by atoms with van der Waals surface area (Å²) < 4.78 is 27.9. The molecule has 2 aromatic rings. The first kappa shape index (κ1) is 12.8. The molecule has 0 atom stereocenters. The highest BCUT2D eigenvalue weighted by atomic mass is 127. The van der Waals surface area contributed by atoms with E-state index in [2.05, 4.69) is 27.7 Å². The summed E-state index contributed by atoms with van der Waals surface area (Å²) in [5, 5.41) is 3.66. The minimum absolute atomic E-state index is 0.300. The van der Waals surface area contributed by atoms with Gasteiger partial charge in [-0.1, -0.05) is 17.3 Å². The zero-order valence-electron chi connectivity index (χ0n) is 8.43. The largest absolute Gasteiger partial charge is 0.356 e. The Balaban J connectivity index is 2.27. The summed E-state index contributed by atoms with van der Waals surface area (Å²) in [7, 11) is 1.53. The molecule has 0 unspecified atom stereocenters. The van der Waals surface area contributed by atoms with Crippen molar-refractivity contribution in [3.63, 3.8) is 0 Å². The van der Waals surface area contributed by atoms with Crippen molar-refractivity contribution in [3.05, 3.63) is 39.6 Å². The first-order chi connectivity index (χ1) is 7.94. The Morgan fingerprint density at radius 1 is 1.29 bits per heavy atom. The van der Waals surface area contributed by atoms with Crippen LogP contribution in [-0.4, -0.2) is 13.6 Å². The Morgan fingerprint density at radius 3 is 2.53 bits per heavy atom. The molecule has 1 heterocycles. The van der Waals surface area contributed by atoms with Crippen LogP contribution in [0.3, 0.4) is 0 Å². The summed E-state index contributed by atoms with van der Waals surface area (Å²) in [6.07, 6.45) is 0. The van der Waals surface area contributed by atoms with E-state index in [1.807, 2.05) is 24.3 Å². The Morgan fingerprint density at radius 2 is 1.94 bits per heavy atom. The molecule has 0 aliphatic rings. The molecule has 4 nitrogen and oxygen atoms in total. The van der Waals surface area contributed by atoms with Crippen LogP contribution in [0.1, 0.15) is 5.69 Å². The van der Waals surface area contributed by atoms with Crippen LogP contribution in [0.4, 0.5) is 0 Å². The van der Waals surface area contributed by atoms with Crippen LogP contribution in [0.15, 0.2) is 34.9 Å². The zero-order valence-corrected chi connectivity index (χ0v) is 12.2. The maximum absolute atomic E-state index is 10.9. The number of halogens is 2. The van der Waals surface area contributed by atoms with E-state index >= 15 is 0 Å². The number of aromatic nitrogens is 1. The second-order valence-electron chi connectivity index (χ2n) is 3.37. The smallest absolute Gasteiger partial charge is 0.238 e. The van der Waals surface area contributed by atoms with E-state index in [4.69, 9.17) is 15.2 Å². The van der Waals surface area contributed by atoms with Gasteiger partial charge in [0.2, 0.25) is 9.05 Å². The lowest BCUT2D eigenvalue weighted by Gasteiger charge is -1.94. The fourth-order valence-electron chi connectivity index (χ4n) is 1.31. The van der Waals surface area contributed by atoms with Crippen molar-refractivity contribution in [1.82, 2.24) is 5.16 Å². The standard InChI is InChI=1S/C10H7ClINO3S/c11-17(14,15)6-9-5-10(16-13-9)7-1-3-8(12)4-2-7/h1-5H,6H2. The van der Waals surface area contributed by atoms with Gasteiger partial charge in [-0.2, -0.15) is 0 Å². The molecule has 7 heteroatoms. The Hall–Kier alpha value is -0.600. The van der Waals surface area contributed by atoms with Gasteiger partial charge in [-0.25, -0.2) is 8.42 Å². The van der Waals surface area contributed by atoms with E-state index in [1.54, 1.807) is 6.07 Å². The second-order valence-corrected chi connectivity index (χ2v) is 7.40. The molecule has 2 rings (SSSR count). The highest BCUT2D eigenvalue weighted by molar-refractivity contribution is 14.1. The molecule has 0 saturated carbocycles. The van der Waals surface area contributed by atoms with Gasteiger partial charge < -0.3 is 4.52 Å². The Labute approximate surface area is 117 Å². The molecular formula is C10H7ClINO3S. The zero-order chi connectivity index (χ0) is 12.5. The van der Waals surface area contributed by atoms with Crippen LogP contribution < -0.4 is 0 Å². The molecular weight excluding hydrogens is 377 g/mol. The predicted molar refractivity (Wildman–Crippen MR) is 73.1 cm³/mol. The normalized spacial score (nSPS) is 11.6. The van der Waals surface area contributed by atoms with Gasteiger partial charge in [-0.15, -0.1) is 0 Å². The summed E-state index contributed by atoms with van der Waals surface area (Å²) in [4.78, 5) is 0. The van der Waals surface area contributed by atoms with Crippen molar-refractivity contribution in [2.24, 2.45) is 0 Å². The van der Waals surface area contributed by atoms with Crippen LogP contribution in [0.25, 0.3) is 11.3 Å². The van der Waals surface area contributed by atoms with Crippen molar-refractivity contribution >= 4 is 42.3 Å². The molecule has 1 aromatic carbocycles. The fourth-order valence-corrected chi connectivity index (χ4v) is 2.49. The number of hydrogen-bond donors (Lipinski definition) is 0.